The fourth-order valence-corrected chi connectivity index (χ4v) is 2.58. The molecule has 0 aliphatic heterocycles. The third-order valence-electron chi connectivity index (χ3n) is 2.83. The maximum absolute atomic E-state index is 10.5. The number of aromatic hydroxyl groups is 2. The third kappa shape index (κ3) is 8.69. The molecule has 0 heterocycles. The maximum atomic E-state index is 10.5. The number of carbonyl (C=O) groups excluding carboxylic acids is 2. The van der Waals surface area contributed by atoms with Crippen molar-refractivity contribution >= 4 is 32.8 Å². The van der Waals surface area contributed by atoms with Crippen molar-refractivity contribution in [3.05, 3.63) is 47.5 Å². The van der Waals surface area contributed by atoms with E-state index in [4.69, 9.17) is 10.2 Å². The van der Waals surface area contributed by atoms with E-state index in [1.165, 1.54) is 0 Å². The van der Waals surface area contributed by atoms with Crippen molar-refractivity contribution in [3.8, 4) is 11.5 Å². The van der Waals surface area contributed by atoms with Crippen molar-refractivity contribution in [1.82, 2.24) is 0 Å². The van der Waals surface area contributed by atoms with Crippen LogP contribution in [-0.2, 0) is 20.2 Å². The molecule has 0 aliphatic carbocycles. The number of rotatable bonds is 4. The number of aldehydes is 2. The molecule has 0 unspecified atom stereocenters. The maximum Gasteiger partial charge on any atom is 1.00 e. The summed E-state index contributed by atoms with van der Waals surface area (Å²) in [6.07, 6.45) is 0.536. The Hall–Kier alpha value is -0.800. The predicted molar refractivity (Wildman–Crippen MR) is 82.9 cm³/mol. The first kappa shape index (κ1) is 29.4. The summed E-state index contributed by atoms with van der Waals surface area (Å²) >= 11 is 0. The van der Waals surface area contributed by atoms with E-state index in [1.54, 1.807) is 0 Å². The van der Waals surface area contributed by atoms with Gasteiger partial charge in [-0.25, -0.2) is 16.8 Å². The molecule has 0 amide bonds. The topological polar surface area (TPSA) is 189 Å². The molecule has 2 rings (SSSR count). The van der Waals surface area contributed by atoms with E-state index in [1.807, 2.05) is 0 Å². The van der Waals surface area contributed by atoms with Crippen molar-refractivity contribution in [2.75, 3.05) is 0 Å². The summed E-state index contributed by atoms with van der Waals surface area (Å²) in [5, 5.41) is 17.9. The van der Waals surface area contributed by atoms with Gasteiger partial charge < -0.3 is 19.3 Å². The summed E-state index contributed by atoms with van der Waals surface area (Å²) in [5.74, 6) is -0.718. The summed E-state index contributed by atoms with van der Waals surface area (Å²) in [6.45, 7) is 0. The number of carbonyl (C=O) groups is 2. The Kier molecular flexibility index (Phi) is 12.6. The summed E-state index contributed by atoms with van der Waals surface area (Å²) in [4.78, 5) is 19.4. The molecule has 0 saturated heterocycles. The smallest absolute Gasteiger partial charge is 0.744 e. The van der Waals surface area contributed by atoms with Crippen LogP contribution in [0.4, 0.5) is 0 Å². The molecule has 0 atom stereocenters. The van der Waals surface area contributed by atoms with Gasteiger partial charge in [-0.3, -0.25) is 9.59 Å². The Morgan fingerprint density at radius 3 is 1.18 bits per heavy atom. The fraction of sp³-hybridized carbons (Fsp3) is 0. The molecule has 0 saturated carbocycles. The van der Waals surface area contributed by atoms with Crippen LogP contribution in [0.15, 0.2) is 46.2 Å². The van der Waals surface area contributed by atoms with Crippen molar-refractivity contribution in [1.29, 1.82) is 0 Å². The van der Waals surface area contributed by atoms with Gasteiger partial charge in [0.15, 0.2) is 12.6 Å². The number of hydrogen-bond acceptors (Lipinski definition) is 10. The van der Waals surface area contributed by atoms with E-state index in [0.29, 0.717) is 0 Å². The second-order valence-corrected chi connectivity index (χ2v) is 7.34. The van der Waals surface area contributed by atoms with Crippen LogP contribution < -0.4 is 59.1 Å². The first-order valence-electron chi connectivity index (χ1n) is 6.38. The SMILES string of the molecule is O=Cc1cc(S(=O)(=O)[O-])ccc1O.O=Cc1cc(S(=O)(=O)[O-])ccc1O.[Na+].[Na+]. The van der Waals surface area contributed by atoms with Crippen LogP contribution in [0.3, 0.4) is 0 Å². The molecule has 0 aliphatic rings. The molecule has 0 spiro atoms. The molecule has 2 aromatic rings. The second kappa shape index (κ2) is 12.0. The number of phenolic OH excluding ortho intramolecular Hbond substituents is 2. The zero-order chi connectivity index (χ0) is 20.1. The average Bonchev–Trinajstić information content (AvgIpc) is 2.54. The number of hydrogen-bond donors (Lipinski definition) is 2. The number of benzene rings is 2. The molecule has 28 heavy (non-hydrogen) atoms. The van der Waals surface area contributed by atoms with E-state index >= 15 is 0 Å². The minimum absolute atomic E-state index is 0. The van der Waals surface area contributed by atoms with Gasteiger partial charge in [-0.15, -0.1) is 0 Å². The zero-order valence-electron chi connectivity index (χ0n) is 14.6. The van der Waals surface area contributed by atoms with E-state index in [-0.39, 0.29) is 94.3 Å². The Balaban J connectivity index is 0. The minimum Gasteiger partial charge on any atom is -0.744 e. The van der Waals surface area contributed by atoms with Crippen LogP contribution in [0.1, 0.15) is 20.7 Å². The fourth-order valence-electron chi connectivity index (χ4n) is 1.57. The molecule has 0 radical (unpaired) electrons. The van der Waals surface area contributed by atoms with Crippen LogP contribution in [0.2, 0.25) is 0 Å². The van der Waals surface area contributed by atoms with Gasteiger partial charge in [-0.05, 0) is 36.4 Å². The van der Waals surface area contributed by atoms with E-state index < -0.39 is 30.0 Å². The van der Waals surface area contributed by atoms with Crippen molar-refractivity contribution < 1.29 is 105 Å². The monoisotopic (exact) mass is 448 g/mol. The molecule has 2 aromatic carbocycles. The van der Waals surface area contributed by atoms with Gasteiger partial charge in [0.25, 0.3) is 0 Å². The van der Waals surface area contributed by atoms with Gasteiger partial charge in [0, 0.05) is 0 Å². The van der Waals surface area contributed by atoms with E-state index in [2.05, 4.69) is 0 Å². The normalized spacial score (nSPS) is 10.4. The van der Waals surface area contributed by atoms with Gasteiger partial charge in [0.2, 0.25) is 0 Å². The quantitative estimate of drug-likeness (QED) is 0.259. The van der Waals surface area contributed by atoms with Gasteiger partial charge in [-0.2, -0.15) is 0 Å². The number of phenols is 2. The Labute approximate surface area is 204 Å². The first-order chi connectivity index (χ1) is 11.9. The summed E-state index contributed by atoms with van der Waals surface area (Å²) in [6, 6.07) is 5.48. The molecule has 10 nitrogen and oxygen atoms in total. The molecular formula is C14H10Na2O10S2. The van der Waals surface area contributed by atoms with Gasteiger partial charge >= 0.3 is 59.1 Å². The van der Waals surface area contributed by atoms with Crippen LogP contribution in [0, 0.1) is 0 Å². The van der Waals surface area contributed by atoms with Gasteiger partial charge in [-0.1, -0.05) is 0 Å². The molecule has 2 N–H and O–H groups in total. The third-order valence-corrected chi connectivity index (χ3v) is 4.49. The van der Waals surface area contributed by atoms with E-state index in [9.17, 15) is 35.5 Å². The molecule has 0 bridgehead atoms. The van der Waals surface area contributed by atoms with Gasteiger partial charge in [0.1, 0.15) is 31.7 Å². The predicted octanol–water partition coefficient (Wildman–Crippen LogP) is -5.77. The minimum atomic E-state index is -4.57. The Morgan fingerprint density at radius 2 is 0.964 bits per heavy atom. The molecular weight excluding hydrogens is 438 g/mol. The second-order valence-electron chi connectivity index (χ2n) is 4.59. The molecule has 0 fully saturated rings. The van der Waals surface area contributed by atoms with Crippen molar-refractivity contribution in [3.63, 3.8) is 0 Å². The standard InChI is InChI=1S/2C7H6O5S.2Na/c2*8-4-5-3-6(13(10,11)12)1-2-7(5)9;;/h2*1-4,9H,(H,10,11,12);;/q;;2*+1/p-2. The molecule has 140 valence electrons. The van der Waals surface area contributed by atoms with Crippen molar-refractivity contribution in [2.45, 2.75) is 9.79 Å². The van der Waals surface area contributed by atoms with Crippen LogP contribution in [0.25, 0.3) is 0 Å². The van der Waals surface area contributed by atoms with Gasteiger partial charge in [0.05, 0.1) is 20.9 Å². The molecule has 14 heteroatoms. The van der Waals surface area contributed by atoms with Crippen LogP contribution in [0.5, 0.6) is 11.5 Å². The summed E-state index contributed by atoms with van der Waals surface area (Å²) < 4.78 is 62.8. The summed E-state index contributed by atoms with van der Waals surface area (Å²) in [5.41, 5.74) is -0.450. The Morgan fingerprint density at radius 1 is 0.679 bits per heavy atom. The molecule has 0 aromatic heterocycles. The first-order valence-corrected chi connectivity index (χ1v) is 9.20. The van der Waals surface area contributed by atoms with Crippen molar-refractivity contribution in [2.24, 2.45) is 0 Å². The Bertz CT molecular complexity index is 964. The zero-order valence-corrected chi connectivity index (χ0v) is 20.2. The van der Waals surface area contributed by atoms with Crippen LogP contribution >= 0.6 is 0 Å². The van der Waals surface area contributed by atoms with E-state index in [0.717, 1.165) is 36.4 Å². The summed E-state index contributed by atoms with van der Waals surface area (Å²) in [7, 11) is -9.14. The largest absolute Gasteiger partial charge is 1.00 e. The van der Waals surface area contributed by atoms with Crippen LogP contribution in [-0.4, -0.2) is 48.7 Å². The average molecular weight is 448 g/mol.